The fourth-order valence-electron chi connectivity index (χ4n) is 4.83. The first-order valence-corrected chi connectivity index (χ1v) is 14.1. The van der Waals surface area contributed by atoms with Crippen LogP contribution in [0.5, 0.6) is 0 Å². The van der Waals surface area contributed by atoms with Crippen molar-refractivity contribution in [3.05, 3.63) is 76.5 Å². The van der Waals surface area contributed by atoms with E-state index in [0.29, 0.717) is 24.6 Å². The van der Waals surface area contributed by atoms with Gasteiger partial charge < -0.3 is 26.0 Å². The first-order valence-electron chi connectivity index (χ1n) is 13.7. The van der Waals surface area contributed by atoms with Crippen LogP contribution in [0, 0.1) is 5.92 Å². The summed E-state index contributed by atoms with van der Waals surface area (Å²) in [6.45, 7) is 8.47. The minimum atomic E-state index is -0.941. The topological polar surface area (TPSA) is 152 Å². The SMILES string of the molecule is CNC(=O)c1cc(Cl)ncc1NC(=O)C1(c2ccccc2C(C)C)CN(c2cnc(COC(=O)[C@@H](N)C(C)C)cn2)C1.Cl. The van der Waals surface area contributed by atoms with Crippen molar-refractivity contribution in [1.82, 2.24) is 20.3 Å². The molecular formula is C30H37Cl2N7O4. The Morgan fingerprint density at radius 1 is 1.07 bits per heavy atom. The molecule has 0 aliphatic carbocycles. The Morgan fingerprint density at radius 2 is 1.77 bits per heavy atom. The smallest absolute Gasteiger partial charge is 0.323 e. The van der Waals surface area contributed by atoms with Gasteiger partial charge >= 0.3 is 5.97 Å². The third-order valence-electron chi connectivity index (χ3n) is 7.41. The number of amides is 2. The summed E-state index contributed by atoms with van der Waals surface area (Å²) in [4.78, 5) is 53.6. The third kappa shape index (κ3) is 7.23. The van der Waals surface area contributed by atoms with E-state index in [2.05, 4.69) is 39.4 Å². The van der Waals surface area contributed by atoms with E-state index in [9.17, 15) is 14.4 Å². The maximum absolute atomic E-state index is 14.1. The number of halogens is 2. The Labute approximate surface area is 262 Å². The molecule has 230 valence electrons. The van der Waals surface area contributed by atoms with Gasteiger partial charge in [0.1, 0.15) is 29.0 Å². The normalized spacial score (nSPS) is 14.4. The maximum Gasteiger partial charge on any atom is 0.323 e. The molecule has 1 saturated heterocycles. The number of aromatic nitrogens is 3. The molecule has 1 atom stereocenters. The van der Waals surface area contributed by atoms with Crippen molar-refractivity contribution >= 4 is 53.3 Å². The number of pyridine rings is 1. The fourth-order valence-corrected chi connectivity index (χ4v) is 4.99. The summed E-state index contributed by atoms with van der Waals surface area (Å²) in [5, 5.41) is 5.65. The molecule has 0 saturated carbocycles. The summed E-state index contributed by atoms with van der Waals surface area (Å²) in [5.74, 6) is -0.457. The van der Waals surface area contributed by atoms with Gasteiger partial charge in [-0.15, -0.1) is 12.4 Å². The van der Waals surface area contributed by atoms with E-state index in [0.717, 1.165) is 11.1 Å². The Morgan fingerprint density at radius 3 is 2.37 bits per heavy atom. The molecule has 3 aromatic rings. The zero-order chi connectivity index (χ0) is 30.6. The van der Waals surface area contributed by atoms with Crippen LogP contribution in [-0.2, 0) is 26.3 Å². The Kier molecular flexibility index (Phi) is 11.1. The summed E-state index contributed by atoms with van der Waals surface area (Å²) in [5.41, 5.74) is 7.81. The second-order valence-electron chi connectivity index (χ2n) is 11.0. The molecule has 2 aromatic heterocycles. The first kappa shape index (κ1) is 33.7. The number of hydrogen-bond donors (Lipinski definition) is 3. The van der Waals surface area contributed by atoms with E-state index in [-0.39, 0.29) is 53.2 Å². The van der Waals surface area contributed by atoms with E-state index < -0.39 is 23.3 Å². The number of benzene rings is 1. The monoisotopic (exact) mass is 629 g/mol. The quantitative estimate of drug-likeness (QED) is 0.224. The number of nitrogens with one attached hydrogen (secondary N) is 2. The van der Waals surface area contributed by atoms with Gasteiger partial charge in [0.05, 0.1) is 35.5 Å². The highest BCUT2D eigenvalue weighted by Gasteiger charge is 2.52. The molecule has 0 bridgehead atoms. The van der Waals surface area contributed by atoms with Crippen molar-refractivity contribution in [1.29, 1.82) is 0 Å². The summed E-state index contributed by atoms with van der Waals surface area (Å²) >= 11 is 6.04. The zero-order valence-corrected chi connectivity index (χ0v) is 26.3. The average molecular weight is 631 g/mol. The molecular weight excluding hydrogens is 593 g/mol. The largest absolute Gasteiger partial charge is 0.458 e. The van der Waals surface area contributed by atoms with E-state index in [1.54, 1.807) is 12.4 Å². The Bertz CT molecular complexity index is 1460. The van der Waals surface area contributed by atoms with Crippen LogP contribution in [0.1, 0.15) is 60.8 Å². The molecule has 0 radical (unpaired) electrons. The molecule has 43 heavy (non-hydrogen) atoms. The molecule has 1 aliphatic heterocycles. The number of ether oxygens (including phenoxy) is 1. The van der Waals surface area contributed by atoms with E-state index in [4.69, 9.17) is 22.1 Å². The van der Waals surface area contributed by atoms with Gasteiger partial charge in [-0.2, -0.15) is 0 Å². The molecule has 3 heterocycles. The van der Waals surface area contributed by atoms with Crippen LogP contribution < -0.4 is 21.3 Å². The van der Waals surface area contributed by atoms with Crippen LogP contribution in [0.15, 0.2) is 48.9 Å². The van der Waals surface area contributed by atoms with Gasteiger partial charge in [0.2, 0.25) is 5.91 Å². The van der Waals surface area contributed by atoms with Crippen LogP contribution >= 0.6 is 24.0 Å². The Balaban J connectivity index is 0.00000506. The van der Waals surface area contributed by atoms with Crippen LogP contribution in [0.25, 0.3) is 0 Å². The lowest BCUT2D eigenvalue weighted by Crippen LogP contribution is -2.66. The maximum atomic E-state index is 14.1. The number of nitrogens with zero attached hydrogens (tertiary/aromatic N) is 4. The van der Waals surface area contributed by atoms with E-state index >= 15 is 0 Å². The number of anilines is 2. The minimum Gasteiger partial charge on any atom is -0.458 e. The predicted octanol–water partition coefficient (Wildman–Crippen LogP) is 3.85. The minimum absolute atomic E-state index is 0. The van der Waals surface area contributed by atoms with E-state index in [1.165, 1.54) is 19.3 Å². The Hall–Kier alpha value is -3.80. The molecule has 13 heteroatoms. The zero-order valence-electron chi connectivity index (χ0n) is 24.8. The van der Waals surface area contributed by atoms with E-state index in [1.807, 2.05) is 43.0 Å². The fraction of sp³-hybridized carbons (Fsp3) is 0.400. The standard InChI is InChI=1S/C30H36ClN7O4.ClH/c1-17(2)20-8-6-7-9-22(20)30(29(41)37-23-12-35-24(31)10-21(23)27(39)33-5)15-38(16-30)25-13-34-19(11-36-25)14-42-28(40)26(32)18(3)4;/h6-13,17-18,26H,14-16,32H2,1-5H3,(H,33,39)(H,37,41);1H/t26-;/m0./s1. The van der Waals surface area contributed by atoms with Crippen LogP contribution in [0.4, 0.5) is 11.5 Å². The van der Waals surface area contributed by atoms with Crippen molar-refractivity contribution in [2.45, 2.75) is 51.7 Å². The number of rotatable bonds is 10. The van der Waals surface area contributed by atoms with Crippen LogP contribution in [0.2, 0.25) is 5.15 Å². The molecule has 11 nitrogen and oxygen atoms in total. The van der Waals surface area contributed by atoms with Gasteiger partial charge in [-0.25, -0.2) is 9.97 Å². The summed E-state index contributed by atoms with van der Waals surface area (Å²) in [6, 6.07) is 8.58. The van der Waals surface area contributed by atoms with Crippen LogP contribution in [0.3, 0.4) is 0 Å². The van der Waals surface area contributed by atoms with Crippen molar-refractivity contribution in [3.63, 3.8) is 0 Å². The molecule has 1 fully saturated rings. The van der Waals surface area contributed by atoms with Crippen molar-refractivity contribution in [2.24, 2.45) is 11.7 Å². The summed E-state index contributed by atoms with van der Waals surface area (Å²) in [6.07, 6.45) is 4.52. The number of carbonyl (C=O) groups excluding carboxylic acids is 3. The summed E-state index contributed by atoms with van der Waals surface area (Å²) in [7, 11) is 1.50. The summed E-state index contributed by atoms with van der Waals surface area (Å²) < 4.78 is 5.27. The van der Waals surface area contributed by atoms with Crippen molar-refractivity contribution in [2.75, 3.05) is 30.4 Å². The van der Waals surface area contributed by atoms with Crippen molar-refractivity contribution in [3.8, 4) is 0 Å². The lowest BCUT2D eigenvalue weighted by atomic mass is 9.69. The molecule has 2 amide bonds. The first-order chi connectivity index (χ1) is 20.0. The van der Waals surface area contributed by atoms with Crippen molar-refractivity contribution < 1.29 is 19.1 Å². The highest BCUT2D eigenvalue weighted by molar-refractivity contribution is 6.30. The highest BCUT2D eigenvalue weighted by Crippen LogP contribution is 2.41. The third-order valence-corrected chi connectivity index (χ3v) is 7.62. The van der Waals surface area contributed by atoms with Gasteiger partial charge in [-0.05, 0) is 29.0 Å². The highest BCUT2D eigenvalue weighted by atomic mass is 35.5. The second kappa shape index (κ2) is 14.1. The predicted molar refractivity (Wildman–Crippen MR) is 168 cm³/mol. The number of esters is 1. The second-order valence-corrected chi connectivity index (χ2v) is 11.4. The lowest BCUT2D eigenvalue weighted by Gasteiger charge is -2.50. The van der Waals surface area contributed by atoms with Gasteiger partial charge in [-0.1, -0.05) is 63.6 Å². The molecule has 1 aromatic carbocycles. The molecule has 4 rings (SSSR count). The number of nitrogens with two attached hydrogens (primary N) is 1. The van der Waals surface area contributed by atoms with Gasteiger partial charge in [0, 0.05) is 20.1 Å². The number of hydrogen-bond acceptors (Lipinski definition) is 9. The number of carbonyl (C=O) groups is 3. The molecule has 0 unspecified atom stereocenters. The van der Waals surface area contributed by atoms with Crippen LogP contribution in [-0.4, -0.2) is 58.9 Å². The van der Waals surface area contributed by atoms with Gasteiger partial charge in [0.25, 0.3) is 5.91 Å². The average Bonchev–Trinajstić information content (AvgIpc) is 2.96. The molecule has 0 spiro atoms. The lowest BCUT2D eigenvalue weighted by molar-refractivity contribution is -0.147. The van der Waals surface area contributed by atoms with Gasteiger partial charge in [-0.3, -0.25) is 19.4 Å². The molecule has 1 aliphatic rings. The van der Waals surface area contributed by atoms with Gasteiger partial charge in [0.15, 0.2) is 0 Å². The molecule has 4 N–H and O–H groups in total.